The molecule has 8 aliphatic rings. The minimum absolute atomic E-state index is 0.0393. The number of ether oxygens (including phenoxy) is 1. The first-order valence-corrected chi connectivity index (χ1v) is 15.5. The molecule has 11 atom stereocenters. The van der Waals surface area contributed by atoms with Crippen LogP contribution in [0.15, 0.2) is 11.6 Å². The summed E-state index contributed by atoms with van der Waals surface area (Å²) in [5, 5.41) is 20.6. The van der Waals surface area contributed by atoms with E-state index >= 15 is 0 Å². The Hall–Kier alpha value is -1.51. The molecule has 0 aromatic rings. The average Bonchev–Trinajstić information content (AvgIpc) is 2.82. The molecule has 3 spiro atoms. The number of allylic oxidation sites excluding steroid dienone is 2. The zero-order valence-electron chi connectivity index (χ0n) is 24.9. The molecular formula is C34H45NO4. The highest BCUT2D eigenvalue weighted by Crippen LogP contribution is 2.95. The number of carbonyl (C=O) groups excluding carboxylic acids is 2. The van der Waals surface area contributed by atoms with E-state index in [1.807, 2.05) is 19.9 Å². The van der Waals surface area contributed by atoms with Crippen LogP contribution in [0.3, 0.4) is 0 Å². The van der Waals surface area contributed by atoms with Gasteiger partial charge in [-0.3, -0.25) is 9.59 Å². The van der Waals surface area contributed by atoms with E-state index < -0.39 is 11.0 Å². The van der Waals surface area contributed by atoms with Crippen molar-refractivity contribution in [3.05, 3.63) is 11.6 Å². The second-order valence-corrected chi connectivity index (χ2v) is 17.7. The molecule has 0 radical (unpaired) electrons. The van der Waals surface area contributed by atoms with Gasteiger partial charge in [0.15, 0.2) is 11.6 Å². The SMILES string of the molecule is CC1(C)CC2(CO)C[C@@]34CC[C@@]5(C)[C@]6(C)CC[C@H]7C(C)(C)C(=O)C(C#N)=C[C@]7(C)[C@H]6CC(=O)[C@@]56OC(C1)(C23)[C@H]46. The standard InChI is InChI=1S/C34H45NO4/c1-26(2)15-31(18-36)17-32-11-10-30(7)29(6)9-8-20-27(3,4)23(38)19(14-35)13-28(20,5)21(29)12-22(37)34(30)25(32)33(16-26,39-34)24(31)32/h13,20-21,24-25,36H,8-12,15-18H2,1-7H3/t20-,21+,24?,25-,28-,29+,30-,31?,32-,33?,34-/m0/s1. The molecule has 1 heterocycles. The van der Waals surface area contributed by atoms with Crippen molar-refractivity contribution < 1.29 is 19.4 Å². The largest absolute Gasteiger partial charge is 0.396 e. The number of hydrogen-bond donors (Lipinski definition) is 1. The summed E-state index contributed by atoms with van der Waals surface area (Å²) in [6.45, 7) is 16.0. The molecule has 3 unspecified atom stereocenters. The van der Waals surface area contributed by atoms with Gasteiger partial charge in [-0.2, -0.15) is 5.26 Å². The number of aliphatic hydroxyl groups is 1. The summed E-state index contributed by atoms with van der Waals surface area (Å²) in [5.74, 6) is 1.11. The van der Waals surface area contributed by atoms with Crippen molar-refractivity contribution in [1.82, 2.24) is 0 Å². The van der Waals surface area contributed by atoms with Crippen molar-refractivity contribution in [3.8, 4) is 6.07 Å². The molecule has 5 heteroatoms. The first-order valence-electron chi connectivity index (χ1n) is 15.5. The molecule has 39 heavy (non-hydrogen) atoms. The highest BCUT2D eigenvalue weighted by atomic mass is 16.6. The Morgan fingerprint density at radius 1 is 0.974 bits per heavy atom. The average molecular weight is 532 g/mol. The first-order chi connectivity index (χ1) is 18.0. The summed E-state index contributed by atoms with van der Waals surface area (Å²) in [6, 6.07) is 2.23. The third kappa shape index (κ3) is 2.11. The van der Waals surface area contributed by atoms with E-state index in [0.29, 0.717) is 12.3 Å². The molecule has 7 fully saturated rings. The number of hydrogen-bond acceptors (Lipinski definition) is 5. The Labute approximate surface area is 233 Å². The lowest BCUT2D eigenvalue weighted by molar-refractivity contribution is -0.560. The maximum Gasteiger partial charge on any atom is 0.178 e. The quantitative estimate of drug-likeness (QED) is 0.462. The van der Waals surface area contributed by atoms with Crippen LogP contribution >= 0.6 is 0 Å². The molecule has 7 aliphatic carbocycles. The van der Waals surface area contributed by atoms with Crippen LogP contribution in [0.25, 0.3) is 0 Å². The molecule has 0 aromatic carbocycles. The van der Waals surface area contributed by atoms with Gasteiger partial charge in [-0.05, 0) is 78.4 Å². The van der Waals surface area contributed by atoms with E-state index in [0.717, 1.165) is 44.9 Å². The van der Waals surface area contributed by atoms with E-state index in [1.54, 1.807) is 0 Å². The summed E-state index contributed by atoms with van der Waals surface area (Å²) < 4.78 is 7.37. The number of fused-ring (bicyclic) bond motifs is 4. The molecule has 0 amide bonds. The van der Waals surface area contributed by atoms with Gasteiger partial charge in [0.25, 0.3) is 0 Å². The molecule has 1 N–H and O–H groups in total. The Bertz CT molecular complexity index is 1350. The van der Waals surface area contributed by atoms with Crippen LogP contribution in [0, 0.1) is 72.9 Å². The summed E-state index contributed by atoms with van der Waals surface area (Å²) in [4.78, 5) is 28.1. The minimum atomic E-state index is -0.729. The maximum absolute atomic E-state index is 14.8. The van der Waals surface area contributed by atoms with Gasteiger partial charge in [-0.15, -0.1) is 0 Å². The molecule has 1 saturated heterocycles. The molecule has 0 bridgehead atoms. The van der Waals surface area contributed by atoms with Gasteiger partial charge in [0.05, 0.1) is 11.2 Å². The van der Waals surface area contributed by atoms with Crippen molar-refractivity contribution in [3.63, 3.8) is 0 Å². The Balaban J connectivity index is 1.26. The van der Waals surface area contributed by atoms with Crippen LogP contribution in [0.4, 0.5) is 0 Å². The van der Waals surface area contributed by atoms with Crippen LogP contribution < -0.4 is 0 Å². The fourth-order valence-corrected chi connectivity index (χ4v) is 15.0. The lowest BCUT2D eigenvalue weighted by Gasteiger charge is -2.96. The molecular weight excluding hydrogens is 486 g/mol. The Morgan fingerprint density at radius 2 is 1.69 bits per heavy atom. The fraction of sp³-hybridized carbons (Fsp3) is 0.853. The third-order valence-corrected chi connectivity index (χ3v) is 15.6. The first kappa shape index (κ1) is 25.2. The molecule has 0 aromatic heterocycles. The van der Waals surface area contributed by atoms with Gasteiger partial charge in [-0.1, -0.05) is 54.5 Å². The number of nitrogens with zero attached hydrogens (tertiary/aromatic N) is 1. The van der Waals surface area contributed by atoms with Crippen LogP contribution in [0.1, 0.15) is 99.8 Å². The summed E-state index contributed by atoms with van der Waals surface area (Å²) in [6.07, 6.45) is 9.60. The molecule has 5 nitrogen and oxygen atoms in total. The topological polar surface area (TPSA) is 87.4 Å². The predicted molar refractivity (Wildman–Crippen MR) is 145 cm³/mol. The third-order valence-electron chi connectivity index (χ3n) is 15.6. The second kappa shape index (κ2) is 6.29. The molecule has 210 valence electrons. The van der Waals surface area contributed by atoms with Crippen molar-refractivity contribution >= 4 is 11.6 Å². The van der Waals surface area contributed by atoms with Gasteiger partial charge in [0.1, 0.15) is 11.7 Å². The fourth-order valence-electron chi connectivity index (χ4n) is 15.0. The zero-order valence-corrected chi connectivity index (χ0v) is 24.9. The molecule has 6 saturated carbocycles. The minimum Gasteiger partial charge on any atom is -0.396 e. The highest BCUT2D eigenvalue weighted by Gasteiger charge is 2.99. The lowest BCUT2D eigenvalue weighted by Crippen LogP contribution is -3.01. The Kier molecular flexibility index (Phi) is 4.07. The number of carbonyl (C=O) groups is 2. The normalized spacial score (nSPS) is 60.3. The number of rotatable bonds is 1. The summed E-state index contributed by atoms with van der Waals surface area (Å²) in [5.41, 5.74) is -1.91. The van der Waals surface area contributed by atoms with Crippen molar-refractivity contribution in [2.24, 2.45) is 61.6 Å². The van der Waals surface area contributed by atoms with E-state index in [-0.39, 0.29) is 79.6 Å². The Morgan fingerprint density at radius 3 is 2.36 bits per heavy atom. The molecule has 8 rings (SSSR count). The number of aliphatic hydroxyl groups excluding tert-OH is 1. The van der Waals surface area contributed by atoms with Crippen LogP contribution in [-0.2, 0) is 14.3 Å². The van der Waals surface area contributed by atoms with E-state index in [1.165, 1.54) is 0 Å². The van der Waals surface area contributed by atoms with E-state index in [2.05, 4.69) is 40.7 Å². The van der Waals surface area contributed by atoms with Gasteiger partial charge in [0, 0.05) is 41.1 Å². The van der Waals surface area contributed by atoms with Crippen LogP contribution in [-0.4, -0.2) is 34.5 Å². The van der Waals surface area contributed by atoms with Crippen LogP contribution in [0.5, 0.6) is 0 Å². The van der Waals surface area contributed by atoms with E-state index in [4.69, 9.17) is 4.74 Å². The number of nitriles is 1. The predicted octanol–water partition coefficient (Wildman–Crippen LogP) is 5.80. The summed E-state index contributed by atoms with van der Waals surface area (Å²) in [7, 11) is 0. The number of ketones is 2. The van der Waals surface area contributed by atoms with Crippen molar-refractivity contribution in [2.45, 2.75) is 111 Å². The smallest absolute Gasteiger partial charge is 0.178 e. The van der Waals surface area contributed by atoms with Crippen molar-refractivity contribution in [2.75, 3.05) is 6.61 Å². The monoisotopic (exact) mass is 531 g/mol. The van der Waals surface area contributed by atoms with Gasteiger partial charge < -0.3 is 9.84 Å². The van der Waals surface area contributed by atoms with Crippen molar-refractivity contribution in [1.29, 1.82) is 5.26 Å². The molecule has 1 aliphatic heterocycles. The van der Waals surface area contributed by atoms with Gasteiger partial charge in [-0.25, -0.2) is 0 Å². The maximum atomic E-state index is 14.8. The number of Topliss-reactive ketones (excluding diaryl/α,β-unsaturated/α-hetero) is 2. The zero-order chi connectivity index (χ0) is 28.0. The van der Waals surface area contributed by atoms with Gasteiger partial charge >= 0.3 is 0 Å². The second-order valence-electron chi connectivity index (χ2n) is 17.7. The summed E-state index contributed by atoms with van der Waals surface area (Å²) >= 11 is 0. The highest BCUT2D eigenvalue weighted by molar-refractivity contribution is 6.04. The van der Waals surface area contributed by atoms with Gasteiger partial charge in [0.2, 0.25) is 0 Å². The van der Waals surface area contributed by atoms with E-state index in [9.17, 15) is 20.0 Å². The lowest BCUT2D eigenvalue weighted by atomic mass is 9.13. The van der Waals surface area contributed by atoms with Crippen LogP contribution in [0.2, 0.25) is 0 Å².